The second-order valence-corrected chi connectivity index (χ2v) is 9.95. The van der Waals surface area contributed by atoms with Crippen molar-refractivity contribution in [2.24, 2.45) is 5.92 Å². The minimum Gasteiger partial charge on any atom is -0.281 e. The summed E-state index contributed by atoms with van der Waals surface area (Å²) in [7, 11) is -3.71. The second kappa shape index (κ2) is 10.1. The van der Waals surface area contributed by atoms with Crippen LogP contribution in [0.15, 0.2) is 89.8 Å². The third kappa shape index (κ3) is 5.58. The smallest absolute Gasteiger partial charge is 0.243 e. The van der Waals surface area contributed by atoms with Crippen molar-refractivity contribution in [3.05, 3.63) is 96.3 Å². The van der Waals surface area contributed by atoms with Crippen LogP contribution in [0.25, 0.3) is 0 Å². The lowest BCUT2D eigenvalue weighted by molar-refractivity contribution is -0.126. The van der Waals surface area contributed by atoms with Gasteiger partial charge in [-0.1, -0.05) is 48.5 Å². The zero-order chi connectivity index (χ0) is 23.3. The van der Waals surface area contributed by atoms with Crippen molar-refractivity contribution >= 4 is 21.6 Å². The molecule has 3 aromatic carbocycles. The quantitative estimate of drug-likeness (QED) is 0.534. The van der Waals surface area contributed by atoms with Crippen molar-refractivity contribution < 1.29 is 17.6 Å². The SMILES string of the molecule is O=C(NN(Cc1ccccc1)c1ccccc1)C1CCN(S(=O)(=O)c2ccc(F)cc2)CC1. The molecule has 0 saturated carbocycles. The van der Waals surface area contributed by atoms with Gasteiger partial charge in [0, 0.05) is 19.0 Å². The summed E-state index contributed by atoms with van der Waals surface area (Å²) in [6, 6.07) is 24.3. The summed E-state index contributed by atoms with van der Waals surface area (Å²) in [6.07, 6.45) is 0.834. The van der Waals surface area contributed by atoms with Gasteiger partial charge in [0.25, 0.3) is 0 Å². The fourth-order valence-electron chi connectivity index (χ4n) is 3.91. The van der Waals surface area contributed by atoms with Gasteiger partial charge in [-0.25, -0.2) is 12.8 Å². The van der Waals surface area contributed by atoms with E-state index in [4.69, 9.17) is 0 Å². The van der Waals surface area contributed by atoms with E-state index in [9.17, 15) is 17.6 Å². The van der Waals surface area contributed by atoms with Gasteiger partial charge in [-0.2, -0.15) is 4.31 Å². The van der Waals surface area contributed by atoms with Crippen molar-refractivity contribution in [3.8, 4) is 0 Å². The third-order valence-corrected chi connectivity index (χ3v) is 7.69. The third-order valence-electron chi connectivity index (χ3n) is 5.77. The number of sulfonamides is 1. The molecular formula is C25H26FN3O3S. The number of piperidine rings is 1. The highest BCUT2D eigenvalue weighted by molar-refractivity contribution is 7.89. The van der Waals surface area contributed by atoms with Gasteiger partial charge in [0.2, 0.25) is 15.9 Å². The van der Waals surface area contributed by atoms with Gasteiger partial charge in [0.05, 0.1) is 17.1 Å². The van der Waals surface area contributed by atoms with Crippen LogP contribution in [0.2, 0.25) is 0 Å². The molecule has 0 unspecified atom stereocenters. The van der Waals surface area contributed by atoms with Gasteiger partial charge in [-0.05, 0) is 54.8 Å². The summed E-state index contributed by atoms with van der Waals surface area (Å²) < 4.78 is 40.2. The normalized spacial score (nSPS) is 15.2. The molecule has 0 radical (unpaired) electrons. The molecule has 33 heavy (non-hydrogen) atoms. The van der Waals surface area contributed by atoms with Crippen LogP contribution in [-0.2, 0) is 21.4 Å². The Morgan fingerprint density at radius 2 is 1.48 bits per heavy atom. The molecule has 1 aliphatic heterocycles. The van der Waals surface area contributed by atoms with Gasteiger partial charge >= 0.3 is 0 Å². The second-order valence-electron chi connectivity index (χ2n) is 8.02. The van der Waals surface area contributed by atoms with E-state index in [1.807, 2.05) is 65.7 Å². The molecule has 3 aromatic rings. The van der Waals surface area contributed by atoms with E-state index in [2.05, 4.69) is 5.43 Å². The van der Waals surface area contributed by atoms with Crippen LogP contribution in [0.3, 0.4) is 0 Å². The fraction of sp³-hybridized carbons (Fsp3) is 0.240. The molecule has 0 aromatic heterocycles. The molecule has 6 nitrogen and oxygen atoms in total. The molecule has 1 aliphatic rings. The number of carbonyl (C=O) groups excluding carboxylic acids is 1. The number of anilines is 1. The zero-order valence-corrected chi connectivity index (χ0v) is 18.9. The van der Waals surface area contributed by atoms with E-state index in [1.165, 1.54) is 16.4 Å². The number of rotatable bonds is 7. The topological polar surface area (TPSA) is 69.7 Å². The van der Waals surface area contributed by atoms with Crippen molar-refractivity contribution in [1.82, 2.24) is 9.73 Å². The van der Waals surface area contributed by atoms with Crippen LogP contribution in [0.1, 0.15) is 18.4 Å². The van der Waals surface area contributed by atoms with Crippen LogP contribution in [0.5, 0.6) is 0 Å². The lowest BCUT2D eigenvalue weighted by Gasteiger charge is -2.33. The highest BCUT2D eigenvalue weighted by Crippen LogP contribution is 2.25. The molecule has 1 heterocycles. The summed E-state index contributed by atoms with van der Waals surface area (Å²) in [5.41, 5.74) is 4.95. The van der Waals surface area contributed by atoms with E-state index < -0.39 is 15.8 Å². The number of nitrogens with one attached hydrogen (secondary N) is 1. The first-order valence-electron chi connectivity index (χ1n) is 10.9. The Labute approximate surface area is 193 Å². The summed E-state index contributed by atoms with van der Waals surface area (Å²) in [6.45, 7) is 0.984. The average Bonchev–Trinajstić information content (AvgIpc) is 2.85. The molecule has 1 fully saturated rings. The number of para-hydroxylation sites is 1. The van der Waals surface area contributed by atoms with Crippen molar-refractivity contribution in [3.63, 3.8) is 0 Å². The molecule has 0 spiro atoms. The molecule has 0 atom stereocenters. The average molecular weight is 468 g/mol. The maximum atomic E-state index is 13.2. The van der Waals surface area contributed by atoms with Gasteiger partial charge in [-0.3, -0.25) is 15.2 Å². The molecular weight excluding hydrogens is 441 g/mol. The largest absolute Gasteiger partial charge is 0.281 e. The van der Waals surface area contributed by atoms with E-state index in [0.29, 0.717) is 19.4 Å². The minimum atomic E-state index is -3.71. The van der Waals surface area contributed by atoms with Crippen LogP contribution in [0, 0.1) is 11.7 Å². The number of hydrogen-bond acceptors (Lipinski definition) is 4. The first-order valence-corrected chi connectivity index (χ1v) is 12.3. The Kier molecular flexibility index (Phi) is 7.05. The van der Waals surface area contributed by atoms with E-state index in [1.54, 1.807) is 0 Å². The highest BCUT2D eigenvalue weighted by Gasteiger charge is 2.32. The summed E-state index contributed by atoms with van der Waals surface area (Å²) in [5, 5.41) is 1.82. The number of amides is 1. The highest BCUT2D eigenvalue weighted by atomic mass is 32.2. The number of hydrazine groups is 1. The van der Waals surface area contributed by atoms with Crippen LogP contribution < -0.4 is 10.4 Å². The maximum Gasteiger partial charge on any atom is 0.243 e. The lowest BCUT2D eigenvalue weighted by atomic mass is 9.97. The predicted molar refractivity (Wildman–Crippen MR) is 125 cm³/mol. The van der Waals surface area contributed by atoms with E-state index in [0.717, 1.165) is 23.4 Å². The molecule has 0 aliphatic carbocycles. The first-order chi connectivity index (χ1) is 15.9. The molecule has 1 saturated heterocycles. The van der Waals surface area contributed by atoms with Gasteiger partial charge in [0.1, 0.15) is 5.82 Å². The van der Waals surface area contributed by atoms with Crippen LogP contribution in [-0.4, -0.2) is 31.7 Å². The number of benzene rings is 3. The summed E-state index contributed by atoms with van der Waals surface area (Å²) >= 11 is 0. The number of hydrogen-bond donors (Lipinski definition) is 1. The Morgan fingerprint density at radius 1 is 0.909 bits per heavy atom. The minimum absolute atomic E-state index is 0.0601. The standard InChI is InChI=1S/C25H26FN3O3S/c26-22-11-13-24(14-12-22)33(31,32)28-17-15-21(16-18-28)25(30)27-29(23-9-5-2-6-10-23)19-20-7-3-1-4-8-20/h1-14,21H,15-19H2,(H,27,30). The molecule has 1 amide bonds. The monoisotopic (exact) mass is 467 g/mol. The number of carbonyl (C=O) groups is 1. The molecule has 1 N–H and O–H groups in total. The fourth-order valence-corrected chi connectivity index (χ4v) is 5.38. The van der Waals surface area contributed by atoms with E-state index in [-0.39, 0.29) is 29.8 Å². The zero-order valence-electron chi connectivity index (χ0n) is 18.1. The van der Waals surface area contributed by atoms with Crippen LogP contribution >= 0.6 is 0 Å². The lowest BCUT2D eigenvalue weighted by Crippen LogP contribution is -2.48. The van der Waals surface area contributed by atoms with Gasteiger partial charge in [-0.15, -0.1) is 0 Å². The molecule has 4 rings (SSSR count). The van der Waals surface area contributed by atoms with Crippen molar-refractivity contribution in [2.45, 2.75) is 24.3 Å². The Balaban J connectivity index is 1.41. The Bertz CT molecular complexity index is 1160. The molecule has 0 bridgehead atoms. The van der Waals surface area contributed by atoms with Crippen LogP contribution in [0.4, 0.5) is 10.1 Å². The predicted octanol–water partition coefficient (Wildman–Crippen LogP) is 3.96. The van der Waals surface area contributed by atoms with Crippen molar-refractivity contribution in [2.75, 3.05) is 18.1 Å². The van der Waals surface area contributed by atoms with Crippen molar-refractivity contribution in [1.29, 1.82) is 0 Å². The first kappa shape index (κ1) is 22.9. The molecule has 8 heteroatoms. The summed E-state index contributed by atoms with van der Waals surface area (Å²) in [5.74, 6) is -0.914. The molecule has 172 valence electrons. The Hall–Kier alpha value is -3.23. The van der Waals surface area contributed by atoms with Gasteiger partial charge in [0.15, 0.2) is 0 Å². The van der Waals surface area contributed by atoms with Gasteiger partial charge < -0.3 is 0 Å². The number of nitrogens with zero attached hydrogens (tertiary/aromatic N) is 2. The Morgan fingerprint density at radius 3 is 2.09 bits per heavy atom. The maximum absolute atomic E-state index is 13.2. The summed E-state index contributed by atoms with van der Waals surface area (Å²) in [4.78, 5) is 13.1. The number of halogens is 1. The van der Waals surface area contributed by atoms with E-state index >= 15 is 0 Å².